The maximum Gasteiger partial charge on any atom is 0.319 e. The summed E-state index contributed by atoms with van der Waals surface area (Å²) in [5.41, 5.74) is 0.764. The Morgan fingerprint density at radius 3 is 2.60 bits per heavy atom. The topological polar surface area (TPSA) is 59.0 Å². The molecule has 0 saturated heterocycles. The van der Waals surface area contributed by atoms with Crippen molar-refractivity contribution in [2.45, 2.75) is 26.0 Å². The summed E-state index contributed by atoms with van der Waals surface area (Å²) in [4.78, 5) is 13.3. The predicted molar refractivity (Wildman–Crippen MR) is 76.7 cm³/mol. The summed E-state index contributed by atoms with van der Waals surface area (Å²) in [6, 6.07) is 7.42. The number of carbonyl (C=O) groups excluding carboxylic acids is 1. The lowest BCUT2D eigenvalue weighted by atomic mass is 10.1. The van der Waals surface area contributed by atoms with Crippen LogP contribution in [0.2, 0.25) is 0 Å². The minimum Gasteiger partial charge on any atom is -0.497 e. The van der Waals surface area contributed by atoms with Gasteiger partial charge in [0.2, 0.25) is 0 Å². The zero-order valence-corrected chi connectivity index (χ0v) is 12.5. The molecule has 0 aliphatic heterocycles. The van der Waals surface area contributed by atoms with Crippen LogP contribution in [-0.4, -0.2) is 49.3 Å². The van der Waals surface area contributed by atoms with E-state index in [1.807, 2.05) is 36.9 Å². The molecule has 0 aliphatic carbocycles. The Bertz CT molecular complexity index is 434. The van der Waals surface area contributed by atoms with Crippen LogP contribution in [-0.2, 0) is 9.53 Å². The van der Waals surface area contributed by atoms with Crippen molar-refractivity contribution < 1.29 is 19.4 Å². The van der Waals surface area contributed by atoms with E-state index in [0.717, 1.165) is 5.56 Å². The van der Waals surface area contributed by atoms with Crippen LogP contribution in [0.4, 0.5) is 0 Å². The molecule has 1 unspecified atom stereocenters. The van der Waals surface area contributed by atoms with Crippen LogP contribution in [0.15, 0.2) is 24.3 Å². The molecule has 0 amide bonds. The SMILES string of the molecule is COC(=O)CN(CC(O)c1cccc(OC)c1)C(C)C. The number of rotatable bonds is 7. The zero-order chi connectivity index (χ0) is 15.1. The van der Waals surface area contributed by atoms with Crippen molar-refractivity contribution in [3.8, 4) is 5.75 Å². The van der Waals surface area contributed by atoms with E-state index >= 15 is 0 Å². The Morgan fingerprint density at radius 1 is 1.35 bits per heavy atom. The number of hydrogen-bond donors (Lipinski definition) is 1. The first-order valence-electron chi connectivity index (χ1n) is 6.60. The Balaban J connectivity index is 2.74. The zero-order valence-electron chi connectivity index (χ0n) is 12.5. The van der Waals surface area contributed by atoms with E-state index in [2.05, 4.69) is 4.74 Å². The molecule has 1 rings (SSSR count). The van der Waals surface area contributed by atoms with Gasteiger partial charge in [-0.2, -0.15) is 0 Å². The molecule has 0 spiro atoms. The standard InChI is InChI=1S/C15H23NO4/c1-11(2)16(10-15(18)20-4)9-14(17)12-6-5-7-13(8-12)19-3/h5-8,11,14,17H,9-10H2,1-4H3. The van der Waals surface area contributed by atoms with Gasteiger partial charge in [0.1, 0.15) is 5.75 Å². The third-order valence-corrected chi connectivity index (χ3v) is 3.18. The average Bonchev–Trinajstić information content (AvgIpc) is 2.46. The predicted octanol–water partition coefficient (Wildman–Crippen LogP) is 1.61. The highest BCUT2D eigenvalue weighted by atomic mass is 16.5. The van der Waals surface area contributed by atoms with Gasteiger partial charge in [0.05, 0.1) is 26.9 Å². The van der Waals surface area contributed by atoms with Crippen molar-refractivity contribution >= 4 is 5.97 Å². The van der Waals surface area contributed by atoms with E-state index in [1.54, 1.807) is 13.2 Å². The second kappa shape index (κ2) is 7.87. The van der Waals surface area contributed by atoms with Gasteiger partial charge >= 0.3 is 5.97 Å². The van der Waals surface area contributed by atoms with E-state index in [9.17, 15) is 9.90 Å². The summed E-state index contributed by atoms with van der Waals surface area (Å²) in [5.74, 6) is 0.391. The highest BCUT2D eigenvalue weighted by Gasteiger charge is 2.19. The maximum absolute atomic E-state index is 11.4. The van der Waals surface area contributed by atoms with E-state index in [0.29, 0.717) is 12.3 Å². The molecule has 5 nitrogen and oxygen atoms in total. The van der Waals surface area contributed by atoms with Gasteiger partial charge in [-0.15, -0.1) is 0 Å². The van der Waals surface area contributed by atoms with Crippen molar-refractivity contribution in [1.29, 1.82) is 0 Å². The van der Waals surface area contributed by atoms with E-state index in [4.69, 9.17) is 4.74 Å². The Hall–Kier alpha value is -1.59. The van der Waals surface area contributed by atoms with Crippen molar-refractivity contribution in [2.24, 2.45) is 0 Å². The lowest BCUT2D eigenvalue weighted by Crippen LogP contribution is -2.39. The molecule has 1 aromatic carbocycles. The molecule has 1 atom stereocenters. The number of nitrogens with zero attached hydrogens (tertiary/aromatic N) is 1. The number of ether oxygens (including phenoxy) is 2. The number of aliphatic hydroxyl groups excluding tert-OH is 1. The summed E-state index contributed by atoms with van der Waals surface area (Å²) in [7, 11) is 2.95. The first-order valence-corrected chi connectivity index (χ1v) is 6.60. The second-order valence-electron chi connectivity index (χ2n) is 4.89. The van der Waals surface area contributed by atoms with Gasteiger partial charge in [-0.25, -0.2) is 0 Å². The fourth-order valence-electron chi connectivity index (χ4n) is 1.86. The van der Waals surface area contributed by atoms with Crippen molar-refractivity contribution in [1.82, 2.24) is 4.90 Å². The summed E-state index contributed by atoms with van der Waals surface area (Å²) in [5, 5.41) is 10.3. The van der Waals surface area contributed by atoms with Gasteiger partial charge in [-0.1, -0.05) is 12.1 Å². The summed E-state index contributed by atoms with van der Waals surface area (Å²) < 4.78 is 9.81. The number of hydrogen-bond acceptors (Lipinski definition) is 5. The molecule has 1 aromatic rings. The number of esters is 1. The second-order valence-corrected chi connectivity index (χ2v) is 4.89. The molecular weight excluding hydrogens is 258 g/mol. The Kier molecular flexibility index (Phi) is 6.48. The molecule has 1 N–H and O–H groups in total. The lowest BCUT2D eigenvalue weighted by molar-refractivity contribution is -0.142. The van der Waals surface area contributed by atoms with Gasteiger partial charge in [-0.05, 0) is 31.5 Å². The quantitative estimate of drug-likeness (QED) is 0.770. The third kappa shape index (κ3) is 4.83. The molecular formula is C15H23NO4. The van der Waals surface area contributed by atoms with Crippen LogP contribution in [0.1, 0.15) is 25.5 Å². The smallest absolute Gasteiger partial charge is 0.319 e. The van der Waals surface area contributed by atoms with Crippen LogP contribution in [0, 0.1) is 0 Å². The van der Waals surface area contributed by atoms with E-state index in [1.165, 1.54) is 7.11 Å². The lowest BCUT2D eigenvalue weighted by Gasteiger charge is -2.27. The molecule has 20 heavy (non-hydrogen) atoms. The number of benzene rings is 1. The van der Waals surface area contributed by atoms with Crippen molar-refractivity contribution in [2.75, 3.05) is 27.3 Å². The van der Waals surface area contributed by atoms with Crippen LogP contribution >= 0.6 is 0 Å². The normalized spacial score (nSPS) is 12.6. The van der Waals surface area contributed by atoms with E-state index < -0.39 is 6.10 Å². The fourth-order valence-corrected chi connectivity index (χ4v) is 1.86. The molecule has 5 heteroatoms. The molecule has 0 aliphatic rings. The summed E-state index contributed by atoms with van der Waals surface area (Å²) >= 11 is 0. The molecule has 0 fully saturated rings. The molecule has 0 bridgehead atoms. The fraction of sp³-hybridized carbons (Fsp3) is 0.533. The monoisotopic (exact) mass is 281 g/mol. The number of methoxy groups -OCH3 is 2. The van der Waals surface area contributed by atoms with Crippen LogP contribution in [0.5, 0.6) is 5.75 Å². The first kappa shape index (κ1) is 16.5. The van der Waals surface area contributed by atoms with Crippen LogP contribution < -0.4 is 4.74 Å². The minimum atomic E-state index is -0.683. The molecule has 112 valence electrons. The van der Waals surface area contributed by atoms with Gasteiger partial charge in [-0.3, -0.25) is 9.69 Å². The van der Waals surface area contributed by atoms with Gasteiger partial charge in [0, 0.05) is 12.6 Å². The van der Waals surface area contributed by atoms with Crippen LogP contribution in [0.25, 0.3) is 0 Å². The minimum absolute atomic E-state index is 0.134. The van der Waals surface area contributed by atoms with Crippen molar-refractivity contribution in [3.05, 3.63) is 29.8 Å². The third-order valence-electron chi connectivity index (χ3n) is 3.18. The first-order chi connectivity index (χ1) is 9.47. The Labute approximate surface area is 120 Å². The van der Waals surface area contributed by atoms with E-state index in [-0.39, 0.29) is 18.6 Å². The van der Waals surface area contributed by atoms with Gasteiger partial charge < -0.3 is 14.6 Å². The summed E-state index contributed by atoms with van der Waals surface area (Å²) in [6.45, 7) is 4.47. The highest BCUT2D eigenvalue weighted by molar-refractivity contribution is 5.71. The summed E-state index contributed by atoms with van der Waals surface area (Å²) in [6.07, 6.45) is -0.683. The number of carbonyl (C=O) groups is 1. The average molecular weight is 281 g/mol. The van der Waals surface area contributed by atoms with Gasteiger partial charge in [0.25, 0.3) is 0 Å². The Morgan fingerprint density at radius 2 is 2.05 bits per heavy atom. The molecule has 0 aromatic heterocycles. The molecule has 0 radical (unpaired) electrons. The number of aliphatic hydroxyl groups is 1. The van der Waals surface area contributed by atoms with Crippen LogP contribution in [0.3, 0.4) is 0 Å². The van der Waals surface area contributed by atoms with Gasteiger partial charge in [0.15, 0.2) is 0 Å². The highest BCUT2D eigenvalue weighted by Crippen LogP contribution is 2.20. The maximum atomic E-state index is 11.4. The largest absolute Gasteiger partial charge is 0.497 e. The van der Waals surface area contributed by atoms with Crippen molar-refractivity contribution in [3.63, 3.8) is 0 Å². The molecule has 0 heterocycles. The molecule has 0 saturated carbocycles.